The van der Waals surface area contributed by atoms with Crippen LogP contribution in [0.4, 0.5) is 4.39 Å². The number of fused-ring (bicyclic) bond motifs is 1. The summed E-state index contributed by atoms with van der Waals surface area (Å²) in [5.74, 6) is -0.607. The summed E-state index contributed by atoms with van der Waals surface area (Å²) in [6.45, 7) is 1.98. The molecule has 1 saturated heterocycles. The fraction of sp³-hybridized carbons (Fsp3) is 0.259. The maximum atomic E-state index is 13.3. The molecule has 1 fully saturated rings. The Morgan fingerprint density at radius 3 is 2.43 bits per heavy atom. The van der Waals surface area contributed by atoms with E-state index in [9.17, 15) is 17.6 Å². The van der Waals surface area contributed by atoms with E-state index in [-0.39, 0.29) is 29.2 Å². The van der Waals surface area contributed by atoms with Gasteiger partial charge in [-0.2, -0.15) is 5.10 Å². The first-order chi connectivity index (χ1) is 17.8. The van der Waals surface area contributed by atoms with Crippen molar-refractivity contribution in [2.24, 2.45) is 0 Å². The van der Waals surface area contributed by atoms with Gasteiger partial charge in [0.15, 0.2) is 0 Å². The maximum Gasteiger partial charge on any atom is 0.252 e. The number of carbonyl (C=O) groups is 1. The van der Waals surface area contributed by atoms with Gasteiger partial charge >= 0.3 is 0 Å². The van der Waals surface area contributed by atoms with Gasteiger partial charge in [-0.15, -0.1) is 0 Å². The van der Waals surface area contributed by atoms with Crippen LogP contribution >= 0.6 is 0 Å². The second kappa shape index (κ2) is 10.4. The second-order valence-electron chi connectivity index (χ2n) is 9.30. The van der Waals surface area contributed by atoms with Gasteiger partial charge in [0.25, 0.3) is 5.91 Å². The molecule has 0 atom stereocenters. The Kier molecular flexibility index (Phi) is 7.05. The van der Waals surface area contributed by atoms with Crippen molar-refractivity contribution in [1.82, 2.24) is 24.7 Å². The molecule has 0 aliphatic carbocycles. The summed E-state index contributed by atoms with van der Waals surface area (Å²) in [6.07, 6.45) is 3.19. The minimum Gasteiger partial charge on any atom is -0.348 e. The van der Waals surface area contributed by atoms with Crippen LogP contribution in [0.15, 0.2) is 77.8 Å². The summed E-state index contributed by atoms with van der Waals surface area (Å²) in [4.78, 5) is 15.4. The smallest absolute Gasteiger partial charge is 0.252 e. The number of likely N-dealkylation sites (tertiary alicyclic amines) is 1. The molecule has 10 heteroatoms. The normalized spacial score (nSPS) is 15.2. The first-order valence-electron chi connectivity index (χ1n) is 12.1. The van der Waals surface area contributed by atoms with Gasteiger partial charge in [0.05, 0.1) is 27.9 Å². The molecule has 0 unspecified atom stereocenters. The van der Waals surface area contributed by atoms with Crippen molar-refractivity contribution in [1.29, 1.82) is 0 Å². The third-order valence-corrected chi connectivity index (χ3v) is 8.19. The molecule has 0 radical (unpaired) electrons. The van der Waals surface area contributed by atoms with Crippen molar-refractivity contribution >= 4 is 26.8 Å². The van der Waals surface area contributed by atoms with E-state index in [0.29, 0.717) is 16.6 Å². The van der Waals surface area contributed by atoms with Crippen LogP contribution in [0.5, 0.6) is 0 Å². The Hall–Kier alpha value is -3.60. The molecule has 1 aliphatic rings. The minimum absolute atomic E-state index is 0.0599. The molecule has 1 aromatic heterocycles. The van der Waals surface area contributed by atoms with E-state index in [1.165, 1.54) is 12.1 Å². The highest BCUT2D eigenvalue weighted by Gasteiger charge is 2.23. The molecule has 2 heterocycles. The number of hydrogen-bond acceptors (Lipinski definition) is 5. The molecule has 37 heavy (non-hydrogen) atoms. The van der Waals surface area contributed by atoms with Crippen LogP contribution in [0.3, 0.4) is 0 Å². The van der Waals surface area contributed by atoms with Gasteiger partial charge in [0.1, 0.15) is 5.82 Å². The van der Waals surface area contributed by atoms with Crippen LogP contribution in [0.2, 0.25) is 0 Å². The molecule has 1 amide bonds. The largest absolute Gasteiger partial charge is 0.348 e. The number of nitrogens with one attached hydrogen (secondary N) is 2. The molecule has 0 spiro atoms. The predicted molar refractivity (Wildman–Crippen MR) is 139 cm³/mol. The summed E-state index contributed by atoms with van der Waals surface area (Å²) >= 11 is 0. The van der Waals surface area contributed by atoms with E-state index < -0.39 is 10.0 Å². The molecule has 0 saturated carbocycles. The van der Waals surface area contributed by atoms with Crippen molar-refractivity contribution in [3.63, 3.8) is 0 Å². The first kappa shape index (κ1) is 25.1. The molecule has 8 nitrogen and oxygen atoms in total. The third kappa shape index (κ3) is 5.56. The van der Waals surface area contributed by atoms with Crippen molar-refractivity contribution in [2.45, 2.75) is 30.3 Å². The Labute approximate surface area is 215 Å². The topological polar surface area (TPSA) is 96.3 Å². The number of aromatic nitrogens is 2. The molecule has 0 bridgehead atoms. The highest BCUT2D eigenvalue weighted by Crippen LogP contribution is 2.22. The highest BCUT2D eigenvalue weighted by atomic mass is 32.2. The van der Waals surface area contributed by atoms with Gasteiger partial charge < -0.3 is 10.2 Å². The quantitative estimate of drug-likeness (QED) is 0.388. The lowest BCUT2D eigenvalue weighted by atomic mass is 10.1. The monoisotopic (exact) mass is 521 g/mol. The number of sulfonamides is 1. The van der Waals surface area contributed by atoms with Crippen LogP contribution in [0.25, 0.3) is 16.6 Å². The molecule has 192 valence electrons. The first-order valence-corrected chi connectivity index (χ1v) is 13.6. The van der Waals surface area contributed by atoms with E-state index in [2.05, 4.69) is 20.0 Å². The van der Waals surface area contributed by atoms with Gasteiger partial charge in [-0.3, -0.25) is 4.79 Å². The van der Waals surface area contributed by atoms with E-state index in [1.54, 1.807) is 59.4 Å². The van der Waals surface area contributed by atoms with Gasteiger partial charge in [-0.05, 0) is 87.1 Å². The molecular weight excluding hydrogens is 493 g/mol. The van der Waals surface area contributed by atoms with Gasteiger partial charge in [0, 0.05) is 18.0 Å². The molecule has 4 aromatic rings. The predicted octanol–water partition coefficient (Wildman–Crippen LogP) is 3.47. The number of piperidine rings is 1. The van der Waals surface area contributed by atoms with Crippen molar-refractivity contribution in [3.8, 4) is 5.69 Å². The van der Waals surface area contributed by atoms with Crippen molar-refractivity contribution in [3.05, 3.63) is 89.9 Å². The zero-order valence-electron chi connectivity index (χ0n) is 20.4. The molecule has 1 aliphatic heterocycles. The summed E-state index contributed by atoms with van der Waals surface area (Å²) in [5.41, 5.74) is 2.66. The van der Waals surface area contributed by atoms with Gasteiger partial charge in [-0.25, -0.2) is 22.2 Å². The lowest BCUT2D eigenvalue weighted by Crippen LogP contribution is -2.43. The van der Waals surface area contributed by atoms with E-state index in [1.807, 2.05) is 13.1 Å². The Bertz CT molecular complexity index is 1510. The number of amides is 1. The zero-order chi connectivity index (χ0) is 26.0. The Morgan fingerprint density at radius 1 is 1.03 bits per heavy atom. The van der Waals surface area contributed by atoms with E-state index in [4.69, 9.17) is 0 Å². The Morgan fingerprint density at radius 2 is 1.73 bits per heavy atom. The van der Waals surface area contributed by atoms with Gasteiger partial charge in [0.2, 0.25) is 10.0 Å². The zero-order valence-corrected chi connectivity index (χ0v) is 21.2. The van der Waals surface area contributed by atoms with Crippen LogP contribution in [0, 0.1) is 5.82 Å². The standard InChI is InChI=1S/C27H28FN5O3S/c1-32-15-13-21(14-16-32)31-37(35,36)23-11-5-19(6-12-23)17-29-27(34)24-3-2-4-26-25(24)18-30-33(26)22-9-7-20(28)8-10-22/h2-12,18,21,31H,13-17H2,1H3,(H,29,34). The number of halogens is 1. The summed E-state index contributed by atoms with van der Waals surface area (Å²) in [5, 5.41) is 7.95. The second-order valence-corrected chi connectivity index (χ2v) is 11.0. The SMILES string of the molecule is CN1CCC(NS(=O)(=O)c2ccc(CNC(=O)c3cccc4c3cnn4-c3ccc(F)cc3)cc2)CC1. The van der Waals surface area contributed by atoms with Crippen LogP contribution < -0.4 is 10.0 Å². The van der Waals surface area contributed by atoms with Crippen LogP contribution in [0.1, 0.15) is 28.8 Å². The fourth-order valence-electron chi connectivity index (χ4n) is 4.52. The summed E-state index contributed by atoms with van der Waals surface area (Å²) in [7, 11) is -1.57. The number of rotatable bonds is 7. The molecule has 3 aromatic carbocycles. The van der Waals surface area contributed by atoms with Crippen molar-refractivity contribution in [2.75, 3.05) is 20.1 Å². The van der Waals surface area contributed by atoms with Crippen LogP contribution in [-0.4, -0.2) is 55.2 Å². The summed E-state index contributed by atoms with van der Waals surface area (Å²) < 4.78 is 43.3. The molecule has 2 N–H and O–H groups in total. The average molecular weight is 522 g/mol. The summed E-state index contributed by atoms with van der Waals surface area (Å²) in [6, 6.07) is 17.8. The molecule has 5 rings (SSSR count). The highest BCUT2D eigenvalue weighted by molar-refractivity contribution is 7.89. The van der Waals surface area contributed by atoms with E-state index >= 15 is 0 Å². The molecular formula is C27H28FN5O3S. The number of nitrogens with zero attached hydrogens (tertiary/aromatic N) is 3. The third-order valence-electron chi connectivity index (χ3n) is 6.66. The maximum absolute atomic E-state index is 13.3. The number of carbonyl (C=O) groups excluding carboxylic acids is 1. The number of hydrogen-bond donors (Lipinski definition) is 2. The van der Waals surface area contributed by atoms with E-state index in [0.717, 1.165) is 37.0 Å². The number of benzene rings is 3. The van der Waals surface area contributed by atoms with Crippen LogP contribution in [-0.2, 0) is 16.6 Å². The average Bonchev–Trinajstić information content (AvgIpc) is 3.33. The minimum atomic E-state index is -3.60. The van der Waals surface area contributed by atoms with Gasteiger partial charge in [-0.1, -0.05) is 18.2 Å². The Balaban J connectivity index is 1.25. The fourth-order valence-corrected chi connectivity index (χ4v) is 5.82. The lowest BCUT2D eigenvalue weighted by molar-refractivity contribution is 0.0952. The lowest BCUT2D eigenvalue weighted by Gasteiger charge is -2.29. The van der Waals surface area contributed by atoms with Crippen molar-refractivity contribution < 1.29 is 17.6 Å².